The van der Waals surface area contributed by atoms with Gasteiger partial charge in [-0.15, -0.1) is 0 Å². The van der Waals surface area contributed by atoms with E-state index in [9.17, 15) is 9.59 Å². The molecule has 4 rings (SSSR count). The summed E-state index contributed by atoms with van der Waals surface area (Å²) >= 11 is 0. The highest BCUT2D eigenvalue weighted by Gasteiger charge is 2.22. The maximum Gasteiger partial charge on any atom is 0.226 e. The second kappa shape index (κ2) is 11.0. The monoisotopic (exact) mass is 466 g/mol. The molecular weight excluding hydrogens is 436 g/mol. The lowest BCUT2D eigenvalue weighted by Gasteiger charge is -2.34. The van der Waals surface area contributed by atoms with Crippen molar-refractivity contribution in [2.75, 3.05) is 51.8 Å². The smallest absolute Gasteiger partial charge is 0.226 e. The van der Waals surface area contributed by atoms with Crippen LogP contribution in [-0.4, -0.2) is 82.8 Å². The highest BCUT2D eigenvalue weighted by molar-refractivity contribution is 5.99. The number of rotatable bonds is 9. The topological polar surface area (TPSA) is 102 Å². The van der Waals surface area contributed by atoms with E-state index in [1.54, 1.807) is 31.1 Å². The van der Waals surface area contributed by atoms with Crippen molar-refractivity contribution in [1.29, 1.82) is 0 Å². The van der Waals surface area contributed by atoms with E-state index in [1.807, 2.05) is 35.2 Å². The van der Waals surface area contributed by atoms with E-state index < -0.39 is 0 Å². The van der Waals surface area contributed by atoms with E-state index >= 15 is 0 Å². The Labute approximate surface area is 198 Å². The van der Waals surface area contributed by atoms with Gasteiger partial charge in [0, 0.05) is 58.8 Å². The van der Waals surface area contributed by atoms with E-state index in [1.165, 1.54) is 0 Å². The number of para-hydroxylation sites is 2. The van der Waals surface area contributed by atoms with Crippen LogP contribution < -0.4 is 14.8 Å². The molecule has 0 radical (unpaired) electrons. The Bertz CT molecular complexity index is 1140. The predicted octanol–water partition coefficient (Wildman–Crippen LogP) is 1.92. The number of carbonyl (C=O) groups is 2. The van der Waals surface area contributed by atoms with E-state index in [0.29, 0.717) is 31.2 Å². The summed E-state index contributed by atoms with van der Waals surface area (Å²) in [6, 6.07) is 11.2. The van der Waals surface area contributed by atoms with Crippen LogP contribution in [0.4, 0.5) is 5.82 Å². The number of methoxy groups -OCH3 is 1. The standard InChI is InChI=1S/C24H30N6O4/c1-28-24-18(6-5-11-25-24)23(27-28)26-21(31)9-10-22(32)30-14-12-29(13-15-30)16-17-34-20-8-4-3-7-19(20)33-2/h3-8,11H,9-10,12-17H2,1-2H3,(H,26,27,31). The molecule has 0 saturated carbocycles. The van der Waals surface area contributed by atoms with Gasteiger partial charge in [0.1, 0.15) is 6.61 Å². The molecule has 1 N–H and O–H groups in total. The van der Waals surface area contributed by atoms with Gasteiger partial charge in [0.15, 0.2) is 23.0 Å². The van der Waals surface area contributed by atoms with Crippen molar-refractivity contribution in [3.63, 3.8) is 0 Å². The quantitative estimate of drug-likeness (QED) is 0.514. The summed E-state index contributed by atoms with van der Waals surface area (Å²) in [4.78, 5) is 33.4. The van der Waals surface area contributed by atoms with E-state index in [0.717, 1.165) is 36.5 Å². The molecule has 180 valence electrons. The fourth-order valence-corrected chi connectivity index (χ4v) is 4.00. The van der Waals surface area contributed by atoms with Gasteiger partial charge < -0.3 is 19.7 Å². The molecule has 0 aliphatic carbocycles. The number of amides is 2. The van der Waals surface area contributed by atoms with Crippen molar-refractivity contribution in [1.82, 2.24) is 24.6 Å². The predicted molar refractivity (Wildman–Crippen MR) is 128 cm³/mol. The minimum atomic E-state index is -0.232. The molecular formula is C24H30N6O4. The zero-order valence-electron chi connectivity index (χ0n) is 19.6. The summed E-state index contributed by atoms with van der Waals surface area (Å²) in [5.41, 5.74) is 0.694. The number of fused-ring (bicyclic) bond motifs is 1. The summed E-state index contributed by atoms with van der Waals surface area (Å²) in [7, 11) is 3.40. The van der Waals surface area contributed by atoms with E-state index in [2.05, 4.69) is 20.3 Å². The average molecular weight is 467 g/mol. The molecule has 34 heavy (non-hydrogen) atoms. The lowest BCUT2D eigenvalue weighted by molar-refractivity contribution is -0.134. The third-order valence-electron chi connectivity index (χ3n) is 5.88. The second-order valence-electron chi connectivity index (χ2n) is 8.12. The molecule has 1 aliphatic rings. The number of carbonyl (C=O) groups excluding carboxylic acids is 2. The summed E-state index contributed by atoms with van der Waals surface area (Å²) in [6.45, 7) is 4.17. The Morgan fingerprint density at radius 1 is 1.03 bits per heavy atom. The third-order valence-corrected chi connectivity index (χ3v) is 5.88. The van der Waals surface area contributed by atoms with Crippen LogP contribution >= 0.6 is 0 Å². The minimum absolute atomic E-state index is 0.00684. The molecule has 10 nitrogen and oxygen atoms in total. The van der Waals surface area contributed by atoms with Crippen LogP contribution in [0.1, 0.15) is 12.8 Å². The molecule has 1 fully saturated rings. The van der Waals surface area contributed by atoms with Crippen LogP contribution in [0.25, 0.3) is 11.0 Å². The minimum Gasteiger partial charge on any atom is -0.493 e. The summed E-state index contributed by atoms with van der Waals surface area (Å²) in [6.07, 6.45) is 1.97. The Kier molecular flexibility index (Phi) is 7.58. The second-order valence-corrected chi connectivity index (χ2v) is 8.12. The van der Waals surface area contributed by atoms with Gasteiger partial charge in [0.05, 0.1) is 12.5 Å². The van der Waals surface area contributed by atoms with Gasteiger partial charge in [-0.25, -0.2) is 9.67 Å². The molecule has 3 heterocycles. The van der Waals surface area contributed by atoms with Crippen molar-refractivity contribution in [3.05, 3.63) is 42.6 Å². The number of ether oxygens (including phenoxy) is 2. The number of piperazine rings is 1. The molecule has 0 bridgehead atoms. The van der Waals surface area contributed by atoms with Gasteiger partial charge in [-0.05, 0) is 24.3 Å². The SMILES string of the molecule is COc1ccccc1OCCN1CCN(C(=O)CCC(=O)Nc2nn(C)c3ncccc23)CC1. The molecule has 2 amide bonds. The molecule has 3 aromatic rings. The maximum absolute atomic E-state index is 12.6. The van der Waals surface area contributed by atoms with Gasteiger partial charge in [-0.3, -0.25) is 14.5 Å². The van der Waals surface area contributed by atoms with Crippen LogP contribution in [0.3, 0.4) is 0 Å². The summed E-state index contributed by atoms with van der Waals surface area (Å²) < 4.78 is 12.8. The Hall–Kier alpha value is -3.66. The Balaban J connectivity index is 1.17. The van der Waals surface area contributed by atoms with Gasteiger partial charge in [0.25, 0.3) is 0 Å². The molecule has 1 aromatic carbocycles. The first kappa shape index (κ1) is 23.5. The number of pyridine rings is 1. The van der Waals surface area contributed by atoms with Gasteiger partial charge in [0.2, 0.25) is 11.8 Å². The number of benzene rings is 1. The van der Waals surface area contributed by atoms with Crippen LogP contribution in [-0.2, 0) is 16.6 Å². The number of nitrogens with one attached hydrogen (secondary N) is 1. The Morgan fingerprint density at radius 3 is 2.56 bits per heavy atom. The van der Waals surface area contributed by atoms with Crippen LogP contribution in [0, 0.1) is 0 Å². The molecule has 0 unspecified atom stereocenters. The zero-order chi connectivity index (χ0) is 23.9. The molecule has 2 aromatic heterocycles. The van der Waals surface area contributed by atoms with E-state index in [-0.39, 0.29) is 24.7 Å². The normalized spacial score (nSPS) is 14.2. The summed E-state index contributed by atoms with van der Waals surface area (Å²) in [5.74, 6) is 1.67. The first-order valence-electron chi connectivity index (χ1n) is 11.4. The molecule has 1 saturated heterocycles. The summed E-state index contributed by atoms with van der Waals surface area (Å²) in [5, 5.41) is 7.89. The largest absolute Gasteiger partial charge is 0.493 e. The highest BCUT2D eigenvalue weighted by atomic mass is 16.5. The number of hydrogen-bond donors (Lipinski definition) is 1. The fraction of sp³-hybridized carbons (Fsp3) is 0.417. The molecule has 0 spiro atoms. The average Bonchev–Trinajstić information content (AvgIpc) is 3.18. The highest BCUT2D eigenvalue weighted by Crippen LogP contribution is 2.25. The van der Waals surface area contributed by atoms with Crippen molar-refractivity contribution < 1.29 is 19.1 Å². The number of aromatic nitrogens is 3. The first-order valence-corrected chi connectivity index (χ1v) is 11.4. The van der Waals surface area contributed by atoms with Gasteiger partial charge in [-0.1, -0.05) is 12.1 Å². The molecule has 1 aliphatic heterocycles. The zero-order valence-corrected chi connectivity index (χ0v) is 19.6. The molecule has 0 atom stereocenters. The van der Waals surface area contributed by atoms with Crippen LogP contribution in [0.15, 0.2) is 42.6 Å². The van der Waals surface area contributed by atoms with Crippen LogP contribution in [0.2, 0.25) is 0 Å². The fourth-order valence-electron chi connectivity index (χ4n) is 4.00. The first-order chi connectivity index (χ1) is 16.5. The number of aryl methyl sites for hydroxylation is 1. The number of nitrogens with zero attached hydrogens (tertiary/aromatic N) is 5. The number of hydrogen-bond acceptors (Lipinski definition) is 7. The van der Waals surface area contributed by atoms with E-state index in [4.69, 9.17) is 9.47 Å². The third kappa shape index (κ3) is 5.63. The lowest BCUT2D eigenvalue weighted by atomic mass is 10.2. The lowest BCUT2D eigenvalue weighted by Crippen LogP contribution is -2.49. The van der Waals surface area contributed by atoms with Crippen molar-refractivity contribution in [2.45, 2.75) is 12.8 Å². The van der Waals surface area contributed by atoms with Crippen LogP contribution in [0.5, 0.6) is 11.5 Å². The van der Waals surface area contributed by atoms with Gasteiger partial charge >= 0.3 is 0 Å². The van der Waals surface area contributed by atoms with Gasteiger partial charge in [-0.2, -0.15) is 5.10 Å². The number of anilines is 1. The van der Waals surface area contributed by atoms with Crippen molar-refractivity contribution in [2.24, 2.45) is 7.05 Å². The van der Waals surface area contributed by atoms with Crippen molar-refractivity contribution >= 4 is 28.7 Å². The molecule has 10 heteroatoms. The Morgan fingerprint density at radius 2 is 1.79 bits per heavy atom. The maximum atomic E-state index is 12.6. The van der Waals surface area contributed by atoms with Crippen molar-refractivity contribution in [3.8, 4) is 11.5 Å².